The lowest BCUT2D eigenvalue weighted by Gasteiger charge is -2.39. The van der Waals surface area contributed by atoms with Crippen molar-refractivity contribution in [1.29, 1.82) is 0 Å². The van der Waals surface area contributed by atoms with Crippen molar-refractivity contribution in [2.75, 3.05) is 13.1 Å². The molecular weight excluding hydrogens is 200 g/mol. The average Bonchev–Trinajstić information content (AvgIpc) is 2.65. The molecule has 0 radical (unpaired) electrons. The Kier molecular flexibility index (Phi) is 3.61. The van der Waals surface area contributed by atoms with Gasteiger partial charge in [-0.05, 0) is 32.4 Å². The molecule has 90 valence electrons. The summed E-state index contributed by atoms with van der Waals surface area (Å²) in [6, 6.07) is 0.594. The minimum atomic E-state index is 0.246. The maximum atomic E-state index is 6.28. The Hall–Kier alpha value is -0.870. The van der Waals surface area contributed by atoms with Crippen molar-refractivity contribution in [1.82, 2.24) is 14.5 Å². The smallest absolute Gasteiger partial charge is 0.0946 e. The monoisotopic (exact) mass is 222 g/mol. The van der Waals surface area contributed by atoms with Gasteiger partial charge < -0.3 is 10.3 Å². The van der Waals surface area contributed by atoms with Crippen LogP contribution in [0.2, 0.25) is 0 Å². The number of aryl methyl sites for hydroxylation is 1. The lowest BCUT2D eigenvalue weighted by molar-refractivity contribution is 0.123. The van der Waals surface area contributed by atoms with E-state index in [0.29, 0.717) is 6.04 Å². The van der Waals surface area contributed by atoms with Gasteiger partial charge in [-0.25, -0.2) is 4.98 Å². The topological polar surface area (TPSA) is 47.1 Å². The minimum absolute atomic E-state index is 0.246. The summed E-state index contributed by atoms with van der Waals surface area (Å²) in [6.45, 7) is 4.52. The van der Waals surface area contributed by atoms with E-state index in [0.717, 1.165) is 19.5 Å². The zero-order chi connectivity index (χ0) is 11.5. The molecule has 0 aliphatic carbocycles. The molecule has 2 unspecified atom stereocenters. The van der Waals surface area contributed by atoms with Crippen LogP contribution in [0.3, 0.4) is 0 Å². The highest BCUT2D eigenvalue weighted by Gasteiger charge is 2.31. The molecule has 16 heavy (non-hydrogen) atoms. The number of nitrogens with two attached hydrogens (primary N) is 1. The van der Waals surface area contributed by atoms with E-state index in [2.05, 4.69) is 21.4 Å². The number of aromatic nitrogens is 2. The fraction of sp³-hybridized carbons (Fsp3) is 0.750. The molecule has 2 rings (SSSR count). The fourth-order valence-electron chi connectivity index (χ4n) is 2.69. The fourth-order valence-corrected chi connectivity index (χ4v) is 2.69. The van der Waals surface area contributed by atoms with Gasteiger partial charge in [-0.15, -0.1) is 0 Å². The van der Waals surface area contributed by atoms with E-state index in [9.17, 15) is 0 Å². The Bertz CT molecular complexity index is 332. The summed E-state index contributed by atoms with van der Waals surface area (Å²) in [6.07, 6.45) is 7.34. The molecular formula is C12H22N4. The molecule has 1 fully saturated rings. The van der Waals surface area contributed by atoms with Gasteiger partial charge in [0.2, 0.25) is 0 Å². The lowest BCUT2D eigenvalue weighted by Crippen LogP contribution is -2.46. The van der Waals surface area contributed by atoms with Gasteiger partial charge in [0, 0.05) is 19.3 Å². The Morgan fingerprint density at radius 2 is 2.38 bits per heavy atom. The highest BCUT2D eigenvalue weighted by atomic mass is 15.2. The van der Waals surface area contributed by atoms with Gasteiger partial charge in [0.1, 0.15) is 0 Å². The number of likely N-dealkylation sites (tertiary alicyclic amines) is 1. The maximum absolute atomic E-state index is 6.28. The van der Waals surface area contributed by atoms with Crippen LogP contribution in [0.25, 0.3) is 0 Å². The number of hydrogen-bond donors (Lipinski definition) is 1. The number of rotatable bonds is 3. The molecule has 0 saturated carbocycles. The van der Waals surface area contributed by atoms with Crippen molar-refractivity contribution >= 4 is 0 Å². The van der Waals surface area contributed by atoms with Crippen molar-refractivity contribution in [3.8, 4) is 0 Å². The van der Waals surface area contributed by atoms with Gasteiger partial charge in [-0.3, -0.25) is 4.90 Å². The second-order valence-electron chi connectivity index (χ2n) is 4.72. The molecule has 0 amide bonds. The van der Waals surface area contributed by atoms with E-state index in [-0.39, 0.29) is 6.04 Å². The number of piperidine rings is 1. The Morgan fingerprint density at radius 1 is 1.56 bits per heavy atom. The van der Waals surface area contributed by atoms with E-state index in [1.54, 1.807) is 0 Å². The molecule has 1 aromatic rings. The van der Waals surface area contributed by atoms with Crippen LogP contribution in [-0.2, 0) is 7.05 Å². The van der Waals surface area contributed by atoms with Crippen molar-refractivity contribution in [2.45, 2.75) is 38.3 Å². The van der Waals surface area contributed by atoms with Crippen LogP contribution >= 0.6 is 0 Å². The van der Waals surface area contributed by atoms with E-state index in [1.165, 1.54) is 18.5 Å². The molecule has 1 aliphatic heterocycles. The van der Waals surface area contributed by atoms with Gasteiger partial charge in [0.05, 0.1) is 18.1 Å². The molecule has 1 aliphatic rings. The first-order chi connectivity index (χ1) is 7.74. The molecule has 2 heterocycles. The molecule has 0 bridgehead atoms. The molecule has 0 spiro atoms. The Labute approximate surface area is 97.4 Å². The highest BCUT2D eigenvalue weighted by molar-refractivity contribution is 5.10. The molecule has 4 nitrogen and oxygen atoms in total. The number of imidazole rings is 1. The van der Waals surface area contributed by atoms with E-state index in [4.69, 9.17) is 5.73 Å². The first kappa shape index (κ1) is 11.6. The third kappa shape index (κ3) is 2.13. The summed E-state index contributed by atoms with van der Waals surface area (Å²) in [5.74, 6) is 0. The highest BCUT2D eigenvalue weighted by Crippen LogP contribution is 2.29. The second-order valence-corrected chi connectivity index (χ2v) is 4.72. The predicted molar refractivity (Wildman–Crippen MR) is 65.0 cm³/mol. The molecule has 0 aromatic carbocycles. The molecule has 1 saturated heterocycles. The summed E-state index contributed by atoms with van der Waals surface area (Å²) in [5, 5.41) is 0. The third-order valence-electron chi connectivity index (χ3n) is 3.45. The zero-order valence-corrected chi connectivity index (χ0v) is 10.3. The van der Waals surface area contributed by atoms with Crippen molar-refractivity contribution in [2.24, 2.45) is 12.8 Å². The zero-order valence-electron chi connectivity index (χ0n) is 10.3. The van der Waals surface area contributed by atoms with Crippen LogP contribution in [0, 0.1) is 0 Å². The Morgan fingerprint density at radius 3 is 3.00 bits per heavy atom. The van der Waals surface area contributed by atoms with Gasteiger partial charge in [0.15, 0.2) is 0 Å². The SMILES string of the molecule is CCCN1CCCC(N)C1c1cncn1C. The number of hydrogen-bond acceptors (Lipinski definition) is 3. The van der Waals surface area contributed by atoms with Crippen LogP contribution in [0.1, 0.15) is 37.9 Å². The van der Waals surface area contributed by atoms with E-state index >= 15 is 0 Å². The number of nitrogens with zero attached hydrogens (tertiary/aromatic N) is 3. The van der Waals surface area contributed by atoms with Crippen molar-refractivity contribution < 1.29 is 0 Å². The predicted octanol–water partition coefficient (Wildman–Crippen LogP) is 1.29. The summed E-state index contributed by atoms with van der Waals surface area (Å²) < 4.78 is 2.10. The summed E-state index contributed by atoms with van der Waals surface area (Å²) >= 11 is 0. The maximum Gasteiger partial charge on any atom is 0.0946 e. The molecule has 4 heteroatoms. The quantitative estimate of drug-likeness (QED) is 0.838. The van der Waals surface area contributed by atoms with Crippen LogP contribution < -0.4 is 5.73 Å². The van der Waals surface area contributed by atoms with Crippen molar-refractivity contribution in [3.63, 3.8) is 0 Å². The minimum Gasteiger partial charge on any atom is -0.336 e. The first-order valence-electron chi connectivity index (χ1n) is 6.20. The molecule has 2 atom stereocenters. The van der Waals surface area contributed by atoms with Crippen LogP contribution in [0.15, 0.2) is 12.5 Å². The Balaban J connectivity index is 2.22. The van der Waals surface area contributed by atoms with E-state index < -0.39 is 0 Å². The van der Waals surface area contributed by atoms with Gasteiger partial charge in [-0.1, -0.05) is 6.92 Å². The second kappa shape index (κ2) is 4.97. The standard InChI is InChI=1S/C12H22N4/c1-3-6-16-7-4-5-10(13)12(16)11-8-14-9-15(11)2/h8-10,12H,3-7,13H2,1-2H3. The van der Waals surface area contributed by atoms with Crippen LogP contribution in [-0.4, -0.2) is 33.6 Å². The van der Waals surface area contributed by atoms with Crippen molar-refractivity contribution in [3.05, 3.63) is 18.2 Å². The van der Waals surface area contributed by atoms with Gasteiger partial charge >= 0.3 is 0 Å². The third-order valence-corrected chi connectivity index (χ3v) is 3.45. The molecule has 2 N–H and O–H groups in total. The largest absolute Gasteiger partial charge is 0.336 e. The van der Waals surface area contributed by atoms with Gasteiger partial charge in [-0.2, -0.15) is 0 Å². The van der Waals surface area contributed by atoms with Crippen LogP contribution in [0.4, 0.5) is 0 Å². The molecule has 1 aromatic heterocycles. The normalized spacial score (nSPS) is 27.2. The average molecular weight is 222 g/mol. The van der Waals surface area contributed by atoms with E-state index in [1.807, 2.05) is 19.6 Å². The first-order valence-corrected chi connectivity index (χ1v) is 6.20. The lowest BCUT2D eigenvalue weighted by atomic mass is 9.94. The summed E-state index contributed by atoms with van der Waals surface area (Å²) in [5.41, 5.74) is 7.53. The van der Waals surface area contributed by atoms with Gasteiger partial charge in [0.25, 0.3) is 0 Å². The summed E-state index contributed by atoms with van der Waals surface area (Å²) in [4.78, 5) is 6.71. The summed E-state index contributed by atoms with van der Waals surface area (Å²) in [7, 11) is 2.05. The van der Waals surface area contributed by atoms with Crippen LogP contribution in [0.5, 0.6) is 0 Å².